The number of nitrogens with zero attached hydrogens (tertiary/aromatic N) is 2. The van der Waals surface area contributed by atoms with E-state index in [9.17, 15) is 0 Å². The fraction of sp³-hybridized carbons (Fsp3) is 1.00. The Morgan fingerprint density at radius 2 is 0.958 bits per heavy atom. The maximum absolute atomic E-state index is 2.45. The molecule has 148 valence electrons. The van der Waals surface area contributed by atoms with Crippen molar-refractivity contribution in [3.05, 3.63) is 0 Å². The summed E-state index contributed by atoms with van der Waals surface area (Å²) in [5.74, 6) is 0. The summed E-state index contributed by atoms with van der Waals surface area (Å²) in [4.78, 5) is 0. The highest BCUT2D eigenvalue weighted by molar-refractivity contribution is 4.83. The molecule has 0 atom stereocenters. The first-order valence-corrected chi connectivity index (χ1v) is 10.0. The van der Waals surface area contributed by atoms with Crippen LogP contribution in [0.25, 0.3) is 0 Å². The molecule has 0 radical (unpaired) electrons. The van der Waals surface area contributed by atoms with Crippen molar-refractivity contribution in [1.82, 2.24) is 0 Å². The summed E-state index contributed by atoms with van der Waals surface area (Å²) < 4.78 is 2.52. The molecule has 2 nitrogen and oxygen atoms in total. The molecule has 1 aliphatic rings. The van der Waals surface area contributed by atoms with Gasteiger partial charge in [-0.1, -0.05) is 19.3 Å². The minimum Gasteiger partial charge on any atom is -1.00 e. The largest absolute Gasteiger partial charge is 1.00 e. The van der Waals surface area contributed by atoms with E-state index in [0.29, 0.717) is 5.41 Å². The third-order valence-corrected chi connectivity index (χ3v) is 7.33. The molecular formula is C20H44I2N2. The van der Waals surface area contributed by atoms with Crippen LogP contribution in [0.2, 0.25) is 0 Å². The van der Waals surface area contributed by atoms with Crippen LogP contribution in [0.1, 0.15) is 72.6 Å². The minimum atomic E-state index is 0. The lowest BCUT2D eigenvalue weighted by Gasteiger charge is -2.43. The summed E-state index contributed by atoms with van der Waals surface area (Å²) in [6, 6.07) is 0. The molecule has 0 unspecified atom stereocenters. The van der Waals surface area contributed by atoms with Crippen LogP contribution in [-0.4, -0.2) is 62.3 Å². The highest BCUT2D eigenvalue weighted by atomic mass is 127. The third-order valence-electron chi connectivity index (χ3n) is 7.33. The molecule has 4 heteroatoms. The van der Waals surface area contributed by atoms with Crippen molar-refractivity contribution in [2.45, 2.75) is 72.6 Å². The lowest BCUT2D eigenvalue weighted by atomic mass is 9.69. The molecule has 1 rings (SSSR count). The second kappa shape index (κ2) is 12.7. The summed E-state index contributed by atoms with van der Waals surface area (Å²) in [5, 5.41) is 0. The lowest BCUT2D eigenvalue weighted by molar-refractivity contribution is -0.909. The highest BCUT2D eigenvalue weighted by Gasteiger charge is 2.36. The molecule has 1 aliphatic carbocycles. The van der Waals surface area contributed by atoms with Gasteiger partial charge in [-0.05, 0) is 46.0 Å². The van der Waals surface area contributed by atoms with Gasteiger partial charge in [-0.2, -0.15) is 0 Å². The first kappa shape index (κ1) is 27.6. The molecule has 0 heterocycles. The van der Waals surface area contributed by atoms with Gasteiger partial charge in [0.25, 0.3) is 0 Å². The van der Waals surface area contributed by atoms with Crippen molar-refractivity contribution < 1.29 is 56.9 Å². The standard InChI is InChI=1S/C20H44N2.2HI/c1-7-21(5,8-2)18-16-20(14-12-11-13-15-20)17-19-22(6,9-3)10-4;;/h7-19H2,1-6H3;2*1H/q+2;;/p-2. The molecular weight excluding hydrogens is 522 g/mol. The number of quaternary nitrogens is 2. The quantitative estimate of drug-likeness (QED) is 0.228. The Bertz CT molecular complexity index is 283. The fourth-order valence-electron chi connectivity index (χ4n) is 4.02. The van der Waals surface area contributed by atoms with Gasteiger partial charge >= 0.3 is 0 Å². The van der Waals surface area contributed by atoms with Gasteiger partial charge in [0.15, 0.2) is 0 Å². The Morgan fingerprint density at radius 1 is 0.625 bits per heavy atom. The number of hydrogen-bond donors (Lipinski definition) is 0. The van der Waals surface area contributed by atoms with E-state index in [-0.39, 0.29) is 48.0 Å². The molecule has 0 aliphatic heterocycles. The van der Waals surface area contributed by atoms with Crippen LogP contribution >= 0.6 is 0 Å². The zero-order valence-corrected chi connectivity index (χ0v) is 21.7. The second-order valence-electron chi connectivity index (χ2n) is 8.51. The molecule has 0 N–H and O–H groups in total. The number of hydrogen-bond acceptors (Lipinski definition) is 0. The van der Waals surface area contributed by atoms with Crippen LogP contribution in [0.15, 0.2) is 0 Å². The van der Waals surface area contributed by atoms with E-state index in [1.54, 1.807) is 0 Å². The fourth-order valence-corrected chi connectivity index (χ4v) is 4.02. The molecule has 0 aromatic rings. The Labute approximate surface area is 187 Å². The summed E-state index contributed by atoms with van der Waals surface area (Å²) in [6.07, 6.45) is 10.3. The summed E-state index contributed by atoms with van der Waals surface area (Å²) >= 11 is 0. The molecule has 24 heavy (non-hydrogen) atoms. The first-order chi connectivity index (χ1) is 10.4. The van der Waals surface area contributed by atoms with Gasteiger partial charge in [-0.25, -0.2) is 0 Å². The Balaban J connectivity index is 0. The van der Waals surface area contributed by atoms with Crippen molar-refractivity contribution in [2.24, 2.45) is 5.41 Å². The van der Waals surface area contributed by atoms with Crippen molar-refractivity contribution in [1.29, 1.82) is 0 Å². The molecule has 0 spiro atoms. The zero-order chi connectivity index (χ0) is 16.7. The van der Waals surface area contributed by atoms with Crippen LogP contribution in [0.3, 0.4) is 0 Å². The van der Waals surface area contributed by atoms with E-state index in [0.717, 1.165) is 0 Å². The van der Waals surface area contributed by atoms with E-state index >= 15 is 0 Å². The maximum Gasteiger partial charge on any atom is 0.0789 e. The predicted molar refractivity (Wildman–Crippen MR) is 99.0 cm³/mol. The van der Waals surface area contributed by atoms with Gasteiger partial charge < -0.3 is 56.9 Å². The maximum atomic E-state index is 2.45. The van der Waals surface area contributed by atoms with Crippen molar-refractivity contribution in [2.75, 3.05) is 53.4 Å². The minimum absolute atomic E-state index is 0. The smallest absolute Gasteiger partial charge is 0.0789 e. The molecule has 1 saturated carbocycles. The normalized spacial score (nSPS) is 17.8. The van der Waals surface area contributed by atoms with Crippen molar-refractivity contribution in [3.8, 4) is 0 Å². The van der Waals surface area contributed by atoms with E-state index < -0.39 is 0 Å². The average molecular weight is 566 g/mol. The van der Waals surface area contributed by atoms with Crippen LogP contribution in [0.4, 0.5) is 0 Å². The molecule has 0 amide bonds. The number of halogens is 2. The van der Waals surface area contributed by atoms with Crippen molar-refractivity contribution >= 4 is 0 Å². The second-order valence-corrected chi connectivity index (χ2v) is 8.51. The van der Waals surface area contributed by atoms with Crippen molar-refractivity contribution in [3.63, 3.8) is 0 Å². The van der Waals surface area contributed by atoms with Crippen LogP contribution < -0.4 is 48.0 Å². The topological polar surface area (TPSA) is 0 Å². The van der Waals surface area contributed by atoms with E-state index in [1.807, 2.05) is 0 Å². The Morgan fingerprint density at radius 3 is 1.25 bits per heavy atom. The highest BCUT2D eigenvalue weighted by Crippen LogP contribution is 2.43. The number of rotatable bonds is 10. The Hall–Kier alpha value is 1.38. The SMILES string of the molecule is CC[N+](C)(CC)CCC1(CC[N+](C)(CC)CC)CCCCC1.[I-].[I-]. The van der Waals surface area contributed by atoms with Gasteiger partial charge in [0.2, 0.25) is 0 Å². The van der Waals surface area contributed by atoms with Gasteiger partial charge in [-0.15, -0.1) is 0 Å². The summed E-state index contributed by atoms with van der Waals surface area (Å²) in [6.45, 7) is 17.3. The van der Waals surface area contributed by atoms with E-state index in [2.05, 4.69) is 41.8 Å². The zero-order valence-electron chi connectivity index (χ0n) is 17.3. The lowest BCUT2D eigenvalue weighted by Crippen LogP contribution is -3.00. The van der Waals surface area contributed by atoms with Crippen LogP contribution in [-0.2, 0) is 0 Å². The summed E-state index contributed by atoms with van der Waals surface area (Å²) in [7, 11) is 4.91. The first-order valence-electron chi connectivity index (χ1n) is 10.0. The van der Waals surface area contributed by atoms with Gasteiger partial charge in [0.1, 0.15) is 0 Å². The molecule has 1 fully saturated rings. The predicted octanol–water partition coefficient (Wildman–Crippen LogP) is -1.30. The molecule has 0 aromatic heterocycles. The van der Waals surface area contributed by atoms with Gasteiger partial charge in [0.05, 0.1) is 53.4 Å². The average Bonchev–Trinajstić information content (AvgIpc) is 2.58. The van der Waals surface area contributed by atoms with E-state index in [4.69, 9.17) is 0 Å². The monoisotopic (exact) mass is 566 g/mol. The van der Waals surface area contributed by atoms with E-state index in [1.165, 1.54) is 93.2 Å². The summed E-state index contributed by atoms with van der Waals surface area (Å²) in [5.41, 5.74) is 0.659. The van der Waals surface area contributed by atoms with Crippen LogP contribution in [0, 0.1) is 5.41 Å². The molecule has 0 saturated heterocycles. The molecule has 0 aromatic carbocycles. The van der Waals surface area contributed by atoms with Gasteiger partial charge in [0, 0.05) is 12.8 Å². The van der Waals surface area contributed by atoms with Gasteiger partial charge in [-0.3, -0.25) is 0 Å². The molecule has 0 bridgehead atoms. The third kappa shape index (κ3) is 8.38. The van der Waals surface area contributed by atoms with Crippen LogP contribution in [0.5, 0.6) is 0 Å². The Kier molecular flexibility index (Phi) is 14.6.